The van der Waals surface area contributed by atoms with Gasteiger partial charge in [-0.25, -0.2) is 4.98 Å². The summed E-state index contributed by atoms with van der Waals surface area (Å²) in [6.45, 7) is 6.87. The van der Waals surface area contributed by atoms with Gasteiger partial charge in [-0.2, -0.15) is 0 Å². The van der Waals surface area contributed by atoms with Gasteiger partial charge in [0.15, 0.2) is 0 Å². The van der Waals surface area contributed by atoms with Crippen molar-refractivity contribution in [3.8, 4) is 0 Å². The highest BCUT2D eigenvalue weighted by Crippen LogP contribution is 2.41. The number of hydrogen-bond donors (Lipinski definition) is 1. The summed E-state index contributed by atoms with van der Waals surface area (Å²) >= 11 is 1.53. The van der Waals surface area contributed by atoms with Crippen LogP contribution in [0, 0.1) is 20.8 Å². The van der Waals surface area contributed by atoms with E-state index in [1.54, 1.807) is 6.20 Å². The fourth-order valence-corrected chi connectivity index (χ4v) is 3.66. The first-order chi connectivity index (χ1) is 10.0. The minimum Gasteiger partial charge on any atom is -0.347 e. The molecule has 3 rings (SSSR count). The van der Waals surface area contributed by atoms with Gasteiger partial charge in [0.25, 0.3) is 5.91 Å². The molecule has 21 heavy (non-hydrogen) atoms. The molecule has 0 atom stereocenters. The van der Waals surface area contributed by atoms with Crippen molar-refractivity contribution in [1.29, 1.82) is 0 Å². The molecule has 1 aromatic heterocycles. The molecule has 0 aliphatic heterocycles. The third-order valence-corrected chi connectivity index (χ3v) is 5.10. The van der Waals surface area contributed by atoms with E-state index in [0.717, 1.165) is 9.88 Å². The van der Waals surface area contributed by atoms with E-state index < -0.39 is 0 Å². The van der Waals surface area contributed by atoms with E-state index in [9.17, 15) is 4.79 Å². The Morgan fingerprint density at radius 2 is 1.95 bits per heavy atom. The molecule has 1 saturated carbocycles. The molecule has 0 unspecified atom stereocenters. The van der Waals surface area contributed by atoms with Crippen LogP contribution in [0.1, 0.15) is 55.7 Å². The van der Waals surface area contributed by atoms with Crippen molar-refractivity contribution in [2.75, 3.05) is 0 Å². The highest BCUT2D eigenvalue weighted by atomic mass is 32.1. The Bertz CT molecular complexity index is 663. The van der Waals surface area contributed by atoms with Crippen molar-refractivity contribution in [3.05, 3.63) is 50.5 Å². The van der Waals surface area contributed by atoms with E-state index in [1.807, 2.05) is 0 Å². The molecule has 0 bridgehead atoms. The first-order valence-electron chi connectivity index (χ1n) is 7.35. The average molecular weight is 300 g/mol. The minimum absolute atomic E-state index is 0.0150. The minimum atomic E-state index is -0.0150. The van der Waals surface area contributed by atoms with Gasteiger partial charge in [0.1, 0.15) is 4.88 Å². The van der Waals surface area contributed by atoms with Crippen LogP contribution in [0.25, 0.3) is 0 Å². The molecule has 2 aromatic rings. The highest BCUT2D eigenvalue weighted by molar-refractivity contribution is 7.13. The summed E-state index contributed by atoms with van der Waals surface area (Å²) in [6.07, 6.45) is 4.15. The van der Waals surface area contributed by atoms with E-state index in [4.69, 9.17) is 0 Å². The number of aromatic nitrogens is 1. The molecule has 3 nitrogen and oxygen atoms in total. The fraction of sp³-hybridized carbons (Fsp3) is 0.412. The molecule has 0 saturated heterocycles. The standard InChI is InChI=1S/C17H20N2OS/c1-10-6-11(2)14(12(3)7-10)8-18-16(20)15-9-19-17(21-15)13-4-5-13/h6-7,9,13H,4-5,8H2,1-3H3,(H,18,20). The molecule has 110 valence electrons. The van der Waals surface area contributed by atoms with Crippen LogP contribution >= 0.6 is 11.3 Å². The smallest absolute Gasteiger partial charge is 0.263 e. The molecular weight excluding hydrogens is 280 g/mol. The van der Waals surface area contributed by atoms with Crippen LogP contribution < -0.4 is 5.32 Å². The largest absolute Gasteiger partial charge is 0.347 e. The molecule has 0 radical (unpaired) electrons. The van der Waals surface area contributed by atoms with Crippen molar-refractivity contribution < 1.29 is 4.79 Å². The van der Waals surface area contributed by atoms with Crippen molar-refractivity contribution in [2.45, 2.75) is 46.1 Å². The topological polar surface area (TPSA) is 42.0 Å². The Labute approximate surface area is 129 Å². The van der Waals surface area contributed by atoms with Gasteiger partial charge in [0.05, 0.1) is 11.2 Å². The zero-order valence-corrected chi connectivity index (χ0v) is 13.5. The number of nitrogens with one attached hydrogen (secondary N) is 1. The summed E-state index contributed by atoms with van der Waals surface area (Å²) in [5.74, 6) is 0.594. The third kappa shape index (κ3) is 3.16. The summed E-state index contributed by atoms with van der Waals surface area (Å²) < 4.78 is 0. The van der Waals surface area contributed by atoms with Crippen LogP contribution in [0.5, 0.6) is 0 Å². The maximum atomic E-state index is 12.2. The SMILES string of the molecule is Cc1cc(C)c(CNC(=O)c2cnc(C3CC3)s2)c(C)c1. The number of hydrogen-bond acceptors (Lipinski definition) is 3. The van der Waals surface area contributed by atoms with Gasteiger partial charge in [-0.05, 0) is 50.3 Å². The Kier molecular flexibility index (Phi) is 3.81. The van der Waals surface area contributed by atoms with Crippen LogP contribution in [0.2, 0.25) is 0 Å². The van der Waals surface area contributed by atoms with E-state index in [-0.39, 0.29) is 5.91 Å². The van der Waals surface area contributed by atoms with E-state index >= 15 is 0 Å². The number of carbonyl (C=O) groups is 1. The Morgan fingerprint density at radius 1 is 1.29 bits per heavy atom. The molecule has 1 N–H and O–H groups in total. The average Bonchev–Trinajstić information content (AvgIpc) is 3.15. The molecule has 1 aliphatic rings. The number of benzene rings is 1. The van der Waals surface area contributed by atoms with Crippen molar-refractivity contribution >= 4 is 17.2 Å². The number of carbonyl (C=O) groups excluding carboxylic acids is 1. The van der Waals surface area contributed by atoms with Crippen LogP contribution in [-0.2, 0) is 6.54 Å². The van der Waals surface area contributed by atoms with Gasteiger partial charge >= 0.3 is 0 Å². The van der Waals surface area contributed by atoms with Crippen LogP contribution in [0.4, 0.5) is 0 Å². The van der Waals surface area contributed by atoms with Gasteiger partial charge < -0.3 is 5.32 Å². The summed E-state index contributed by atoms with van der Waals surface area (Å²) in [4.78, 5) is 17.3. The molecule has 0 spiro atoms. The lowest BCUT2D eigenvalue weighted by Crippen LogP contribution is -2.22. The Hall–Kier alpha value is -1.68. The highest BCUT2D eigenvalue weighted by Gasteiger charge is 2.27. The lowest BCUT2D eigenvalue weighted by Gasteiger charge is -2.11. The number of nitrogens with zero attached hydrogens (tertiary/aromatic N) is 1. The fourth-order valence-electron chi connectivity index (χ4n) is 2.66. The van der Waals surface area contributed by atoms with E-state index in [2.05, 4.69) is 43.2 Å². The predicted octanol–water partition coefficient (Wildman–Crippen LogP) is 3.88. The zero-order chi connectivity index (χ0) is 15.0. The lowest BCUT2D eigenvalue weighted by atomic mass is 10.00. The first-order valence-corrected chi connectivity index (χ1v) is 8.17. The lowest BCUT2D eigenvalue weighted by molar-refractivity contribution is 0.0954. The van der Waals surface area contributed by atoms with Crippen LogP contribution in [0.15, 0.2) is 18.3 Å². The van der Waals surface area contributed by atoms with Gasteiger partial charge in [-0.3, -0.25) is 4.79 Å². The summed E-state index contributed by atoms with van der Waals surface area (Å²) in [5, 5.41) is 4.13. The molecule has 1 aliphatic carbocycles. The van der Waals surface area contributed by atoms with Crippen LogP contribution in [-0.4, -0.2) is 10.9 Å². The van der Waals surface area contributed by atoms with Gasteiger partial charge in [-0.15, -0.1) is 11.3 Å². The van der Waals surface area contributed by atoms with Gasteiger partial charge in [0.2, 0.25) is 0 Å². The van der Waals surface area contributed by atoms with Crippen molar-refractivity contribution in [2.24, 2.45) is 0 Å². The summed E-state index contributed by atoms with van der Waals surface area (Å²) in [6, 6.07) is 4.32. The molecule has 4 heteroatoms. The first kappa shape index (κ1) is 14.3. The summed E-state index contributed by atoms with van der Waals surface area (Å²) in [7, 11) is 0. The van der Waals surface area contributed by atoms with Gasteiger partial charge in [0, 0.05) is 12.5 Å². The van der Waals surface area contributed by atoms with Gasteiger partial charge in [-0.1, -0.05) is 17.7 Å². The predicted molar refractivity (Wildman–Crippen MR) is 85.9 cm³/mol. The van der Waals surface area contributed by atoms with Crippen molar-refractivity contribution in [3.63, 3.8) is 0 Å². The molecule has 1 fully saturated rings. The quantitative estimate of drug-likeness (QED) is 0.931. The zero-order valence-electron chi connectivity index (χ0n) is 12.7. The maximum absolute atomic E-state index is 12.2. The normalized spacial score (nSPS) is 14.2. The van der Waals surface area contributed by atoms with E-state index in [0.29, 0.717) is 12.5 Å². The Balaban J connectivity index is 1.67. The van der Waals surface area contributed by atoms with E-state index in [1.165, 1.54) is 46.4 Å². The monoisotopic (exact) mass is 300 g/mol. The number of amides is 1. The third-order valence-electron chi connectivity index (χ3n) is 3.94. The molecule has 1 heterocycles. The van der Waals surface area contributed by atoms with Crippen molar-refractivity contribution in [1.82, 2.24) is 10.3 Å². The number of rotatable bonds is 4. The number of thiazole rings is 1. The second kappa shape index (κ2) is 5.60. The number of aryl methyl sites for hydroxylation is 3. The second-order valence-electron chi connectivity index (χ2n) is 5.90. The molecular formula is C17H20N2OS. The summed E-state index contributed by atoms with van der Waals surface area (Å²) in [5.41, 5.74) is 4.93. The molecule has 1 aromatic carbocycles. The second-order valence-corrected chi connectivity index (χ2v) is 6.96. The van der Waals surface area contributed by atoms with Crippen LogP contribution in [0.3, 0.4) is 0 Å². The molecule has 1 amide bonds. The maximum Gasteiger partial charge on any atom is 0.263 e. The Morgan fingerprint density at radius 3 is 2.57 bits per heavy atom.